The second-order valence-electron chi connectivity index (χ2n) is 2.99. The van der Waals surface area contributed by atoms with Gasteiger partial charge in [-0.15, -0.1) is 0 Å². The second kappa shape index (κ2) is 4.04. The summed E-state index contributed by atoms with van der Waals surface area (Å²) in [5, 5.41) is 13.2. The fourth-order valence-electron chi connectivity index (χ4n) is 1.32. The summed E-state index contributed by atoms with van der Waals surface area (Å²) in [4.78, 5) is 0. The largest absolute Gasteiger partial charge is 0.507 e. The van der Waals surface area contributed by atoms with Gasteiger partial charge in [0.15, 0.2) is 5.76 Å². The lowest BCUT2D eigenvalue weighted by molar-refractivity contribution is 0.339. The summed E-state index contributed by atoms with van der Waals surface area (Å²) in [5.41, 5.74) is 0.582. The first-order valence-corrected chi connectivity index (χ1v) is 4.68. The van der Waals surface area contributed by atoms with Crippen LogP contribution in [0.3, 0.4) is 0 Å². The molecule has 1 aromatic heterocycles. The van der Waals surface area contributed by atoms with E-state index in [1.54, 1.807) is 24.3 Å². The third-order valence-corrected chi connectivity index (χ3v) is 1.98. The molecule has 2 aromatic rings. The lowest BCUT2D eigenvalue weighted by atomic mass is 10.1. The standard InChI is InChI=1S/C11H11NO3/c1-2-14-8-3-4-10(13)9(7-8)11-5-6-12-15-11/h3-7,13H,2H2,1H3. The number of phenolic OH excluding ortho intramolecular Hbond substituents is 1. The Bertz CT molecular complexity index is 437. The molecule has 78 valence electrons. The number of ether oxygens (including phenoxy) is 1. The van der Waals surface area contributed by atoms with E-state index < -0.39 is 0 Å². The van der Waals surface area contributed by atoms with E-state index in [-0.39, 0.29) is 5.75 Å². The molecule has 4 heteroatoms. The molecule has 1 aromatic carbocycles. The molecule has 0 bridgehead atoms. The van der Waals surface area contributed by atoms with Crippen LogP contribution in [0.2, 0.25) is 0 Å². The molecule has 2 rings (SSSR count). The van der Waals surface area contributed by atoms with Gasteiger partial charge in [0.1, 0.15) is 11.5 Å². The summed E-state index contributed by atoms with van der Waals surface area (Å²) >= 11 is 0. The number of hydrogen-bond acceptors (Lipinski definition) is 4. The molecular formula is C11H11NO3. The Kier molecular flexibility index (Phi) is 2.58. The van der Waals surface area contributed by atoms with Gasteiger partial charge in [0.05, 0.1) is 18.4 Å². The van der Waals surface area contributed by atoms with E-state index in [1.807, 2.05) is 6.92 Å². The fourth-order valence-corrected chi connectivity index (χ4v) is 1.32. The van der Waals surface area contributed by atoms with Crippen molar-refractivity contribution in [3.8, 4) is 22.8 Å². The number of aromatic nitrogens is 1. The maximum atomic E-state index is 9.63. The van der Waals surface area contributed by atoms with Crippen molar-refractivity contribution >= 4 is 0 Å². The summed E-state index contributed by atoms with van der Waals surface area (Å²) in [7, 11) is 0. The Labute approximate surface area is 87.1 Å². The Morgan fingerprint density at radius 3 is 2.93 bits per heavy atom. The van der Waals surface area contributed by atoms with Gasteiger partial charge in [-0.25, -0.2) is 0 Å². The van der Waals surface area contributed by atoms with E-state index in [0.29, 0.717) is 23.7 Å². The predicted molar refractivity (Wildman–Crippen MR) is 54.8 cm³/mol. The Morgan fingerprint density at radius 1 is 1.40 bits per heavy atom. The maximum absolute atomic E-state index is 9.63. The highest BCUT2D eigenvalue weighted by molar-refractivity contribution is 5.66. The predicted octanol–water partition coefficient (Wildman–Crippen LogP) is 2.45. The van der Waals surface area contributed by atoms with Crippen LogP contribution in [0.25, 0.3) is 11.3 Å². The van der Waals surface area contributed by atoms with Crippen LogP contribution in [-0.2, 0) is 0 Å². The number of hydrogen-bond donors (Lipinski definition) is 1. The molecule has 0 saturated heterocycles. The average Bonchev–Trinajstić information content (AvgIpc) is 2.74. The molecule has 1 N–H and O–H groups in total. The van der Waals surface area contributed by atoms with Gasteiger partial charge >= 0.3 is 0 Å². The van der Waals surface area contributed by atoms with Crippen molar-refractivity contribution in [3.63, 3.8) is 0 Å². The summed E-state index contributed by atoms with van der Waals surface area (Å²) in [5.74, 6) is 1.37. The van der Waals surface area contributed by atoms with Crippen LogP contribution in [0.1, 0.15) is 6.92 Å². The van der Waals surface area contributed by atoms with Gasteiger partial charge in [0.2, 0.25) is 0 Å². The van der Waals surface area contributed by atoms with Crippen molar-refractivity contribution in [2.75, 3.05) is 6.61 Å². The Balaban J connectivity index is 2.41. The van der Waals surface area contributed by atoms with Crippen molar-refractivity contribution in [3.05, 3.63) is 30.5 Å². The monoisotopic (exact) mass is 205 g/mol. The van der Waals surface area contributed by atoms with E-state index in [9.17, 15) is 5.11 Å². The quantitative estimate of drug-likeness (QED) is 0.836. The maximum Gasteiger partial charge on any atom is 0.170 e. The molecule has 0 fully saturated rings. The van der Waals surface area contributed by atoms with Gasteiger partial charge in [0.25, 0.3) is 0 Å². The molecule has 0 aliphatic carbocycles. The first-order valence-electron chi connectivity index (χ1n) is 4.68. The molecule has 0 spiro atoms. The topological polar surface area (TPSA) is 55.5 Å². The number of aromatic hydroxyl groups is 1. The van der Waals surface area contributed by atoms with E-state index in [1.165, 1.54) is 6.20 Å². The third kappa shape index (κ3) is 1.93. The van der Waals surface area contributed by atoms with E-state index in [2.05, 4.69) is 5.16 Å². The zero-order valence-corrected chi connectivity index (χ0v) is 8.30. The number of rotatable bonds is 3. The fraction of sp³-hybridized carbons (Fsp3) is 0.182. The molecule has 1 heterocycles. The molecule has 0 saturated carbocycles. The van der Waals surface area contributed by atoms with Crippen molar-refractivity contribution in [1.82, 2.24) is 5.16 Å². The molecular weight excluding hydrogens is 194 g/mol. The van der Waals surface area contributed by atoms with E-state index >= 15 is 0 Å². The minimum Gasteiger partial charge on any atom is -0.507 e. The lowest BCUT2D eigenvalue weighted by Gasteiger charge is -2.05. The summed E-state index contributed by atoms with van der Waals surface area (Å²) in [6.45, 7) is 2.49. The zero-order chi connectivity index (χ0) is 10.7. The highest BCUT2D eigenvalue weighted by Crippen LogP contribution is 2.32. The molecule has 0 aliphatic rings. The van der Waals surface area contributed by atoms with Crippen molar-refractivity contribution in [1.29, 1.82) is 0 Å². The summed E-state index contributed by atoms with van der Waals surface area (Å²) in [6.07, 6.45) is 1.53. The van der Waals surface area contributed by atoms with Crippen LogP contribution in [0, 0.1) is 0 Å². The van der Waals surface area contributed by atoms with Crippen LogP contribution in [0.5, 0.6) is 11.5 Å². The highest BCUT2D eigenvalue weighted by atomic mass is 16.5. The number of benzene rings is 1. The smallest absolute Gasteiger partial charge is 0.170 e. The Morgan fingerprint density at radius 2 is 2.27 bits per heavy atom. The van der Waals surface area contributed by atoms with Crippen molar-refractivity contribution < 1.29 is 14.4 Å². The van der Waals surface area contributed by atoms with E-state index in [0.717, 1.165) is 0 Å². The minimum absolute atomic E-state index is 0.148. The van der Waals surface area contributed by atoms with Gasteiger partial charge in [-0.05, 0) is 25.1 Å². The number of phenols is 1. The first kappa shape index (κ1) is 9.58. The second-order valence-corrected chi connectivity index (χ2v) is 2.99. The van der Waals surface area contributed by atoms with Crippen LogP contribution in [-0.4, -0.2) is 16.9 Å². The molecule has 0 aliphatic heterocycles. The van der Waals surface area contributed by atoms with Crippen molar-refractivity contribution in [2.45, 2.75) is 6.92 Å². The van der Waals surface area contributed by atoms with Gasteiger partial charge in [-0.3, -0.25) is 0 Å². The molecule has 0 atom stereocenters. The highest BCUT2D eigenvalue weighted by Gasteiger charge is 2.09. The number of nitrogens with zero attached hydrogens (tertiary/aromatic N) is 1. The van der Waals surface area contributed by atoms with Crippen LogP contribution in [0.15, 0.2) is 35.0 Å². The van der Waals surface area contributed by atoms with Gasteiger partial charge in [-0.1, -0.05) is 5.16 Å². The molecule has 15 heavy (non-hydrogen) atoms. The molecule has 0 unspecified atom stereocenters. The summed E-state index contributed by atoms with van der Waals surface area (Å²) < 4.78 is 10.3. The first-order chi connectivity index (χ1) is 7.31. The van der Waals surface area contributed by atoms with Gasteiger partial charge < -0.3 is 14.4 Å². The van der Waals surface area contributed by atoms with Crippen LogP contribution in [0.4, 0.5) is 0 Å². The lowest BCUT2D eigenvalue weighted by Crippen LogP contribution is -1.91. The average molecular weight is 205 g/mol. The van der Waals surface area contributed by atoms with Gasteiger partial charge in [0, 0.05) is 6.07 Å². The summed E-state index contributed by atoms with van der Waals surface area (Å²) in [6, 6.07) is 6.69. The van der Waals surface area contributed by atoms with E-state index in [4.69, 9.17) is 9.26 Å². The molecule has 4 nitrogen and oxygen atoms in total. The van der Waals surface area contributed by atoms with Crippen molar-refractivity contribution in [2.24, 2.45) is 0 Å². The zero-order valence-electron chi connectivity index (χ0n) is 8.30. The SMILES string of the molecule is CCOc1ccc(O)c(-c2ccno2)c1. The van der Waals surface area contributed by atoms with Crippen LogP contribution < -0.4 is 4.74 Å². The normalized spacial score (nSPS) is 10.2. The van der Waals surface area contributed by atoms with Crippen LogP contribution >= 0.6 is 0 Å². The molecule has 0 radical (unpaired) electrons. The molecule has 0 amide bonds. The third-order valence-electron chi connectivity index (χ3n) is 1.98. The van der Waals surface area contributed by atoms with Gasteiger partial charge in [-0.2, -0.15) is 0 Å². The Hall–Kier alpha value is -1.97. The minimum atomic E-state index is 0.148.